The monoisotopic (exact) mass is 238 g/mol. The van der Waals surface area contributed by atoms with Gasteiger partial charge in [-0.1, -0.05) is 0 Å². The van der Waals surface area contributed by atoms with Gasteiger partial charge in [0.2, 0.25) is 5.95 Å². The van der Waals surface area contributed by atoms with Crippen LogP contribution >= 0.6 is 0 Å². The molecule has 1 aliphatic rings. The maximum absolute atomic E-state index is 5.23. The van der Waals surface area contributed by atoms with Gasteiger partial charge in [-0.2, -0.15) is 0 Å². The molecule has 1 N–H and O–H groups in total. The summed E-state index contributed by atoms with van der Waals surface area (Å²) >= 11 is 0. The molecule has 5 heteroatoms. The van der Waals surface area contributed by atoms with Crippen LogP contribution in [0.25, 0.3) is 0 Å². The molecule has 17 heavy (non-hydrogen) atoms. The highest BCUT2D eigenvalue weighted by molar-refractivity contribution is 5.34. The summed E-state index contributed by atoms with van der Waals surface area (Å²) in [6.45, 7) is 9.04. The Morgan fingerprint density at radius 2 is 2.18 bits per heavy atom. The second-order valence-electron chi connectivity index (χ2n) is 4.63. The van der Waals surface area contributed by atoms with Crippen molar-refractivity contribution >= 4 is 5.95 Å². The van der Waals surface area contributed by atoms with Gasteiger partial charge in [0.25, 0.3) is 0 Å². The first-order valence-corrected chi connectivity index (χ1v) is 6.22. The van der Waals surface area contributed by atoms with Gasteiger partial charge in [0.05, 0.1) is 18.3 Å². The second kappa shape index (κ2) is 5.51. The third-order valence-electron chi connectivity index (χ3n) is 3.12. The van der Waals surface area contributed by atoms with Crippen LogP contribution in [0.2, 0.25) is 0 Å². The fourth-order valence-electron chi connectivity index (χ4n) is 2.25. The molecule has 1 unspecified atom stereocenters. The molecule has 2 rings (SSSR count). The smallest absolute Gasteiger partial charge is 0.206 e. The lowest BCUT2D eigenvalue weighted by Gasteiger charge is -2.30. The van der Waals surface area contributed by atoms with Crippen molar-refractivity contribution in [2.24, 2.45) is 0 Å². The van der Waals surface area contributed by atoms with Gasteiger partial charge in [0.1, 0.15) is 0 Å². The summed E-state index contributed by atoms with van der Waals surface area (Å²) in [4.78, 5) is 6.99. The Balaban J connectivity index is 2.19. The Morgan fingerprint density at radius 1 is 1.47 bits per heavy atom. The van der Waals surface area contributed by atoms with Gasteiger partial charge in [0, 0.05) is 39.5 Å². The molecule has 0 radical (unpaired) electrons. The van der Waals surface area contributed by atoms with Crippen molar-refractivity contribution in [3.05, 3.63) is 11.9 Å². The van der Waals surface area contributed by atoms with Crippen molar-refractivity contribution in [2.75, 3.05) is 44.8 Å². The Hall–Kier alpha value is -1.07. The minimum Gasteiger partial charge on any atom is -0.383 e. The van der Waals surface area contributed by atoms with E-state index < -0.39 is 0 Å². The molecule has 0 aliphatic carbocycles. The number of ether oxygens (including phenoxy) is 1. The molecular formula is C12H22N4O. The van der Waals surface area contributed by atoms with E-state index in [1.54, 1.807) is 7.11 Å². The van der Waals surface area contributed by atoms with Crippen molar-refractivity contribution in [3.8, 4) is 0 Å². The molecule has 1 atom stereocenters. The lowest BCUT2D eigenvalue weighted by Crippen LogP contribution is -2.44. The van der Waals surface area contributed by atoms with E-state index in [0.29, 0.717) is 6.04 Å². The molecule has 96 valence electrons. The molecule has 1 fully saturated rings. The number of aromatic nitrogens is 2. The molecule has 1 saturated heterocycles. The third-order valence-corrected chi connectivity index (χ3v) is 3.12. The average molecular weight is 238 g/mol. The van der Waals surface area contributed by atoms with Crippen LogP contribution in [0.1, 0.15) is 18.7 Å². The van der Waals surface area contributed by atoms with Crippen LogP contribution in [0.5, 0.6) is 0 Å². The van der Waals surface area contributed by atoms with Crippen LogP contribution in [0, 0.1) is 6.92 Å². The van der Waals surface area contributed by atoms with E-state index in [-0.39, 0.29) is 0 Å². The minimum atomic E-state index is 0.325. The number of aryl methyl sites for hydroxylation is 1. The summed E-state index contributed by atoms with van der Waals surface area (Å²) < 4.78 is 7.46. The third kappa shape index (κ3) is 2.79. The van der Waals surface area contributed by atoms with E-state index in [1.807, 2.05) is 6.92 Å². The predicted molar refractivity (Wildman–Crippen MR) is 68.6 cm³/mol. The minimum absolute atomic E-state index is 0.325. The van der Waals surface area contributed by atoms with Gasteiger partial charge in [-0.05, 0) is 13.8 Å². The molecule has 1 aromatic heterocycles. The molecule has 5 nitrogen and oxygen atoms in total. The van der Waals surface area contributed by atoms with E-state index >= 15 is 0 Å². The molecule has 0 saturated carbocycles. The number of methoxy groups -OCH3 is 1. The average Bonchev–Trinajstić information content (AvgIpc) is 2.73. The van der Waals surface area contributed by atoms with E-state index in [4.69, 9.17) is 4.74 Å². The molecule has 0 amide bonds. The standard InChI is InChI=1S/C12H22N4O/c1-10-8-16(11(2)9-17-3)12(14-10)15-6-4-13-5-7-15/h8,11,13H,4-7,9H2,1-3H3. The summed E-state index contributed by atoms with van der Waals surface area (Å²) in [5.41, 5.74) is 1.07. The van der Waals surface area contributed by atoms with Gasteiger partial charge in [-0.25, -0.2) is 4.98 Å². The Labute approximate surface area is 103 Å². The lowest BCUT2D eigenvalue weighted by molar-refractivity contribution is 0.162. The highest BCUT2D eigenvalue weighted by atomic mass is 16.5. The van der Waals surface area contributed by atoms with E-state index in [2.05, 4.69) is 32.9 Å². The molecule has 0 bridgehead atoms. The zero-order chi connectivity index (χ0) is 12.3. The predicted octanol–water partition coefficient (Wildman–Crippen LogP) is 0.809. The first-order chi connectivity index (χ1) is 8.22. The first kappa shape index (κ1) is 12.4. The highest BCUT2D eigenvalue weighted by Crippen LogP contribution is 2.20. The summed E-state index contributed by atoms with van der Waals surface area (Å²) in [5, 5.41) is 3.36. The number of nitrogens with one attached hydrogen (secondary N) is 1. The lowest BCUT2D eigenvalue weighted by atomic mass is 10.3. The van der Waals surface area contributed by atoms with Crippen molar-refractivity contribution in [3.63, 3.8) is 0 Å². The maximum atomic E-state index is 5.23. The van der Waals surface area contributed by atoms with E-state index in [0.717, 1.165) is 44.4 Å². The van der Waals surface area contributed by atoms with Crippen LogP contribution in [-0.2, 0) is 4.74 Å². The fraction of sp³-hybridized carbons (Fsp3) is 0.750. The Morgan fingerprint density at radius 3 is 2.82 bits per heavy atom. The van der Waals surface area contributed by atoms with Crippen LogP contribution in [0.4, 0.5) is 5.95 Å². The van der Waals surface area contributed by atoms with Gasteiger partial charge in [-0.15, -0.1) is 0 Å². The largest absolute Gasteiger partial charge is 0.383 e. The number of hydrogen-bond donors (Lipinski definition) is 1. The highest BCUT2D eigenvalue weighted by Gasteiger charge is 2.19. The summed E-state index contributed by atoms with van der Waals surface area (Å²) in [6, 6.07) is 0.325. The van der Waals surface area contributed by atoms with Gasteiger partial charge >= 0.3 is 0 Å². The number of nitrogens with zero attached hydrogens (tertiary/aromatic N) is 3. The van der Waals surface area contributed by atoms with E-state index in [1.165, 1.54) is 0 Å². The van der Waals surface area contributed by atoms with Gasteiger partial charge in [0.15, 0.2) is 0 Å². The number of rotatable bonds is 4. The zero-order valence-corrected chi connectivity index (χ0v) is 10.9. The van der Waals surface area contributed by atoms with E-state index in [9.17, 15) is 0 Å². The zero-order valence-electron chi connectivity index (χ0n) is 10.9. The second-order valence-corrected chi connectivity index (χ2v) is 4.63. The summed E-state index contributed by atoms with van der Waals surface area (Å²) in [5.74, 6) is 1.08. The van der Waals surface area contributed by atoms with Gasteiger partial charge in [-0.3, -0.25) is 0 Å². The number of piperazine rings is 1. The van der Waals surface area contributed by atoms with Crippen molar-refractivity contribution in [1.29, 1.82) is 0 Å². The van der Waals surface area contributed by atoms with Crippen LogP contribution in [0.15, 0.2) is 6.20 Å². The number of imidazole rings is 1. The molecule has 1 aromatic rings. The topological polar surface area (TPSA) is 42.3 Å². The first-order valence-electron chi connectivity index (χ1n) is 6.22. The molecule has 2 heterocycles. The summed E-state index contributed by atoms with van der Waals surface area (Å²) in [6.07, 6.45) is 2.11. The molecule has 1 aliphatic heterocycles. The molecule has 0 spiro atoms. The van der Waals surface area contributed by atoms with Gasteiger partial charge < -0.3 is 19.5 Å². The molecular weight excluding hydrogens is 216 g/mol. The quantitative estimate of drug-likeness (QED) is 0.843. The van der Waals surface area contributed by atoms with Crippen molar-refractivity contribution in [2.45, 2.75) is 19.9 Å². The van der Waals surface area contributed by atoms with Crippen molar-refractivity contribution < 1.29 is 4.74 Å². The fourth-order valence-corrected chi connectivity index (χ4v) is 2.25. The van der Waals surface area contributed by atoms with Crippen molar-refractivity contribution in [1.82, 2.24) is 14.9 Å². The summed E-state index contributed by atoms with van der Waals surface area (Å²) in [7, 11) is 1.74. The van der Waals surface area contributed by atoms with Crippen LogP contribution in [0.3, 0.4) is 0 Å². The Bertz CT molecular complexity index is 357. The normalized spacial score (nSPS) is 18.4. The maximum Gasteiger partial charge on any atom is 0.206 e. The molecule has 0 aromatic carbocycles. The number of hydrogen-bond acceptors (Lipinski definition) is 4. The van der Waals surface area contributed by atoms with Crippen LogP contribution in [-0.4, -0.2) is 49.4 Å². The SMILES string of the molecule is COCC(C)n1cc(C)nc1N1CCNCC1. The Kier molecular flexibility index (Phi) is 4.02. The van der Waals surface area contributed by atoms with Crippen LogP contribution < -0.4 is 10.2 Å². The number of anilines is 1.